The zero-order valence-corrected chi connectivity index (χ0v) is 21.3. The minimum Gasteiger partial charge on any atom is -0.349 e. The van der Waals surface area contributed by atoms with Crippen molar-refractivity contribution in [2.45, 2.75) is 64.8 Å². The van der Waals surface area contributed by atoms with E-state index in [2.05, 4.69) is 35.5 Å². The van der Waals surface area contributed by atoms with Gasteiger partial charge in [0.05, 0.1) is 0 Å². The largest absolute Gasteiger partial charge is 0.349 e. The summed E-state index contributed by atoms with van der Waals surface area (Å²) >= 11 is 0. The molecule has 0 bridgehead atoms. The number of amides is 3. The van der Waals surface area contributed by atoms with E-state index >= 15 is 0 Å². The zero-order chi connectivity index (χ0) is 25.0. The normalized spacial score (nSPS) is 37.5. The predicted octanol–water partition coefficient (Wildman–Crippen LogP) is 4.03. The molecule has 0 saturated heterocycles. The molecule has 7 atom stereocenters. The predicted molar refractivity (Wildman–Crippen MR) is 134 cm³/mol. The molecule has 188 valence electrons. The Morgan fingerprint density at radius 2 is 1.91 bits per heavy atom. The molecule has 0 aromatic carbocycles. The number of aromatic nitrogens is 1. The Morgan fingerprint density at radius 3 is 2.69 bits per heavy atom. The van der Waals surface area contributed by atoms with Gasteiger partial charge in [-0.25, -0.2) is 4.98 Å². The summed E-state index contributed by atoms with van der Waals surface area (Å²) in [4.78, 5) is 43.1. The third kappa shape index (κ3) is 4.07. The van der Waals surface area contributed by atoms with Gasteiger partial charge in [-0.1, -0.05) is 26.0 Å². The van der Waals surface area contributed by atoms with E-state index in [4.69, 9.17) is 0 Å². The molecule has 0 radical (unpaired) electrons. The molecule has 5 rings (SSSR count). The third-order valence-electron chi connectivity index (χ3n) is 9.96. The van der Waals surface area contributed by atoms with Crippen LogP contribution in [0.1, 0.15) is 69.3 Å². The van der Waals surface area contributed by atoms with Crippen LogP contribution in [0.2, 0.25) is 0 Å². The lowest BCUT2D eigenvalue weighted by molar-refractivity contribution is -0.123. The average molecular weight is 479 g/mol. The number of rotatable bonds is 4. The van der Waals surface area contributed by atoms with Crippen molar-refractivity contribution >= 4 is 23.5 Å². The van der Waals surface area contributed by atoms with Gasteiger partial charge in [0.15, 0.2) is 0 Å². The first-order chi connectivity index (χ1) is 16.6. The van der Waals surface area contributed by atoms with E-state index in [9.17, 15) is 14.4 Å². The summed E-state index contributed by atoms with van der Waals surface area (Å²) in [6.45, 7) is 4.76. The highest BCUT2D eigenvalue weighted by molar-refractivity contribution is 5.94. The summed E-state index contributed by atoms with van der Waals surface area (Å²) < 4.78 is 0. The van der Waals surface area contributed by atoms with Crippen LogP contribution in [0.25, 0.3) is 0 Å². The molecule has 3 fully saturated rings. The van der Waals surface area contributed by atoms with Crippen LogP contribution in [-0.2, 0) is 9.59 Å². The summed E-state index contributed by atoms with van der Waals surface area (Å²) in [7, 11) is 3.38. The monoisotopic (exact) mass is 478 g/mol. The molecule has 1 aliphatic heterocycles. The summed E-state index contributed by atoms with van der Waals surface area (Å²) in [5.41, 5.74) is 0.532. The van der Waals surface area contributed by atoms with Gasteiger partial charge in [-0.3, -0.25) is 14.4 Å². The van der Waals surface area contributed by atoms with E-state index in [1.807, 2.05) is 0 Å². The van der Waals surface area contributed by atoms with Gasteiger partial charge in [0.2, 0.25) is 11.8 Å². The molecule has 3 amide bonds. The van der Waals surface area contributed by atoms with Crippen LogP contribution in [0.3, 0.4) is 0 Å². The molecular formula is C28H38N4O3. The van der Waals surface area contributed by atoms with Gasteiger partial charge in [0.25, 0.3) is 5.91 Å². The average Bonchev–Trinajstić information content (AvgIpc) is 3.15. The van der Waals surface area contributed by atoms with Crippen LogP contribution in [0.15, 0.2) is 30.4 Å². The van der Waals surface area contributed by atoms with Crippen LogP contribution in [0.5, 0.6) is 0 Å². The van der Waals surface area contributed by atoms with Gasteiger partial charge in [-0.15, -0.1) is 0 Å². The van der Waals surface area contributed by atoms with Gasteiger partial charge in [-0.2, -0.15) is 0 Å². The number of pyridine rings is 1. The third-order valence-corrected chi connectivity index (χ3v) is 9.96. The second-order valence-electron chi connectivity index (χ2n) is 11.9. The summed E-state index contributed by atoms with van der Waals surface area (Å²) in [5.74, 6) is 2.50. The molecule has 2 heterocycles. The van der Waals surface area contributed by atoms with Gasteiger partial charge in [0.1, 0.15) is 11.5 Å². The maximum absolute atomic E-state index is 13.1. The van der Waals surface area contributed by atoms with Crippen LogP contribution in [-0.4, -0.2) is 47.7 Å². The summed E-state index contributed by atoms with van der Waals surface area (Å²) in [6.07, 6.45) is 11.2. The number of anilines is 1. The fourth-order valence-corrected chi connectivity index (χ4v) is 8.05. The maximum atomic E-state index is 13.1. The lowest BCUT2D eigenvalue weighted by atomic mass is 9.48. The maximum Gasteiger partial charge on any atom is 0.272 e. The summed E-state index contributed by atoms with van der Waals surface area (Å²) in [6, 6.07) is 5.41. The molecule has 7 nitrogen and oxygen atoms in total. The lowest BCUT2D eigenvalue weighted by Gasteiger charge is -2.59. The molecule has 1 aromatic rings. The topological polar surface area (TPSA) is 91.4 Å². The molecule has 3 saturated carbocycles. The minimum absolute atomic E-state index is 0.0189. The fraction of sp³-hybridized carbons (Fsp3) is 0.643. The van der Waals surface area contributed by atoms with E-state index < -0.39 is 0 Å². The Hall–Kier alpha value is -2.70. The number of fused-ring (bicyclic) bond motifs is 5. The Kier molecular flexibility index (Phi) is 6.01. The molecule has 2 N–H and O–H groups in total. The highest BCUT2D eigenvalue weighted by Crippen LogP contribution is 2.65. The van der Waals surface area contributed by atoms with Crippen molar-refractivity contribution in [3.05, 3.63) is 36.0 Å². The second kappa shape index (κ2) is 8.75. The molecule has 4 aliphatic rings. The van der Waals surface area contributed by atoms with E-state index in [1.165, 1.54) is 11.3 Å². The molecule has 1 aromatic heterocycles. The van der Waals surface area contributed by atoms with Crippen molar-refractivity contribution in [3.63, 3.8) is 0 Å². The molecule has 0 unspecified atom stereocenters. The SMILES string of the molecule is CN(C)C(=O)c1cccc(NC(=O)C[C@H]2CC[C@H]3[C@@H]4CC[C@H]5NC(=O)C=C[C@]5(C)[C@H]4CC[C@]23C)n1. The zero-order valence-electron chi connectivity index (χ0n) is 21.3. The summed E-state index contributed by atoms with van der Waals surface area (Å²) in [5, 5.41) is 6.18. The molecule has 7 heteroatoms. The second-order valence-corrected chi connectivity index (χ2v) is 11.9. The van der Waals surface area contributed by atoms with Crippen LogP contribution in [0.4, 0.5) is 5.82 Å². The quantitative estimate of drug-likeness (QED) is 0.684. The highest BCUT2D eigenvalue weighted by atomic mass is 16.2. The highest BCUT2D eigenvalue weighted by Gasteiger charge is 2.59. The van der Waals surface area contributed by atoms with Crippen molar-refractivity contribution in [3.8, 4) is 0 Å². The fourth-order valence-electron chi connectivity index (χ4n) is 8.05. The first kappa shape index (κ1) is 24.0. The van der Waals surface area contributed by atoms with Crippen molar-refractivity contribution in [2.24, 2.45) is 34.5 Å². The first-order valence-corrected chi connectivity index (χ1v) is 13.1. The Bertz CT molecular complexity index is 1070. The number of hydrogen-bond acceptors (Lipinski definition) is 4. The van der Waals surface area contributed by atoms with Crippen molar-refractivity contribution < 1.29 is 14.4 Å². The van der Waals surface area contributed by atoms with Crippen molar-refractivity contribution in [1.29, 1.82) is 0 Å². The molecule has 0 spiro atoms. The first-order valence-electron chi connectivity index (χ1n) is 13.1. The molecular weight excluding hydrogens is 440 g/mol. The van der Waals surface area contributed by atoms with Gasteiger partial charge in [-0.05, 0) is 85.8 Å². The number of nitrogens with one attached hydrogen (secondary N) is 2. The van der Waals surface area contributed by atoms with Gasteiger partial charge in [0, 0.05) is 32.0 Å². The van der Waals surface area contributed by atoms with Crippen molar-refractivity contribution in [1.82, 2.24) is 15.2 Å². The lowest BCUT2D eigenvalue weighted by Crippen LogP contribution is -2.59. The van der Waals surface area contributed by atoms with Gasteiger partial charge < -0.3 is 15.5 Å². The standard InChI is InChI=1S/C28H38N4O3/c1-27-14-12-20-18(9-11-22-28(20,2)15-13-24(33)30-22)19(27)10-8-17(27)16-25(34)31-23-7-5-6-21(29-23)26(35)32(3)4/h5-7,13,15,17-20,22H,8-12,14,16H2,1-4H3,(H,30,33)(H,29,31,34)/t17-,18+,19+,20+,22-,27-,28-/m1/s1. The number of carbonyl (C=O) groups excluding carboxylic acids is 3. The van der Waals surface area contributed by atoms with E-state index in [-0.39, 0.29) is 34.6 Å². The van der Waals surface area contributed by atoms with E-state index in [1.54, 1.807) is 38.4 Å². The number of carbonyl (C=O) groups is 3. The Labute approximate surface area is 208 Å². The Balaban J connectivity index is 1.27. The minimum atomic E-state index is -0.181. The van der Waals surface area contributed by atoms with Crippen LogP contribution in [0, 0.1) is 34.5 Å². The number of nitrogens with zero attached hydrogens (tertiary/aromatic N) is 2. The number of hydrogen-bond donors (Lipinski definition) is 2. The van der Waals surface area contributed by atoms with E-state index in [0.29, 0.717) is 41.6 Å². The van der Waals surface area contributed by atoms with Crippen LogP contribution >= 0.6 is 0 Å². The van der Waals surface area contributed by atoms with Crippen LogP contribution < -0.4 is 10.6 Å². The Morgan fingerprint density at radius 1 is 1.11 bits per heavy atom. The van der Waals surface area contributed by atoms with Gasteiger partial charge >= 0.3 is 0 Å². The smallest absolute Gasteiger partial charge is 0.272 e. The van der Waals surface area contributed by atoms with Crippen molar-refractivity contribution in [2.75, 3.05) is 19.4 Å². The molecule has 3 aliphatic carbocycles. The molecule has 35 heavy (non-hydrogen) atoms. The van der Waals surface area contributed by atoms with E-state index in [0.717, 1.165) is 32.1 Å².